The molecule has 1 fully saturated rings. The number of carbonyl (C=O) groups excluding carboxylic acids is 1. The van der Waals surface area contributed by atoms with E-state index in [4.69, 9.17) is 0 Å². The SMILES string of the molecule is CC1(C(=O)NCCCNCc2cccnc2)CCCCC1. The molecule has 1 aromatic rings. The van der Waals surface area contributed by atoms with Gasteiger partial charge in [0, 0.05) is 30.9 Å². The second kappa shape index (κ2) is 8.13. The van der Waals surface area contributed by atoms with Crippen molar-refractivity contribution < 1.29 is 4.79 Å². The Kier molecular flexibility index (Phi) is 6.18. The third-order valence-electron chi connectivity index (χ3n) is 4.37. The summed E-state index contributed by atoms with van der Waals surface area (Å²) < 4.78 is 0. The Bertz CT molecular complexity index is 427. The molecule has 0 unspecified atom stereocenters. The first-order valence-electron chi connectivity index (χ1n) is 8.09. The minimum Gasteiger partial charge on any atom is -0.356 e. The summed E-state index contributed by atoms with van der Waals surface area (Å²) in [4.78, 5) is 16.3. The number of nitrogens with zero attached hydrogens (tertiary/aromatic N) is 1. The molecule has 2 rings (SSSR count). The molecule has 1 amide bonds. The van der Waals surface area contributed by atoms with Crippen molar-refractivity contribution in [1.29, 1.82) is 0 Å². The summed E-state index contributed by atoms with van der Waals surface area (Å²) in [6.07, 6.45) is 10.4. The molecule has 1 aliphatic rings. The van der Waals surface area contributed by atoms with E-state index in [0.29, 0.717) is 0 Å². The molecular formula is C17H27N3O. The highest BCUT2D eigenvalue weighted by Gasteiger charge is 2.33. The predicted octanol–water partition coefficient (Wildman–Crippen LogP) is 2.65. The van der Waals surface area contributed by atoms with Crippen molar-refractivity contribution in [3.8, 4) is 0 Å². The summed E-state index contributed by atoms with van der Waals surface area (Å²) in [7, 11) is 0. The van der Waals surface area contributed by atoms with Crippen molar-refractivity contribution in [1.82, 2.24) is 15.6 Å². The number of pyridine rings is 1. The van der Waals surface area contributed by atoms with Gasteiger partial charge < -0.3 is 10.6 Å². The summed E-state index contributed by atoms with van der Waals surface area (Å²) in [6.45, 7) is 4.61. The monoisotopic (exact) mass is 289 g/mol. The van der Waals surface area contributed by atoms with Crippen LogP contribution in [0.5, 0.6) is 0 Å². The largest absolute Gasteiger partial charge is 0.356 e. The smallest absolute Gasteiger partial charge is 0.225 e. The van der Waals surface area contributed by atoms with Crippen LogP contribution in [0.4, 0.5) is 0 Å². The van der Waals surface area contributed by atoms with Crippen LogP contribution in [0.25, 0.3) is 0 Å². The van der Waals surface area contributed by atoms with Crippen LogP contribution < -0.4 is 10.6 Å². The number of hydrogen-bond donors (Lipinski definition) is 2. The van der Waals surface area contributed by atoms with Gasteiger partial charge in [-0.05, 0) is 37.4 Å². The lowest BCUT2D eigenvalue weighted by Gasteiger charge is -2.32. The number of amides is 1. The molecule has 1 aliphatic carbocycles. The molecule has 21 heavy (non-hydrogen) atoms. The average molecular weight is 289 g/mol. The van der Waals surface area contributed by atoms with Crippen LogP contribution in [-0.4, -0.2) is 24.0 Å². The normalized spacial score (nSPS) is 17.4. The molecule has 116 valence electrons. The average Bonchev–Trinajstić information content (AvgIpc) is 2.52. The van der Waals surface area contributed by atoms with Crippen LogP contribution in [-0.2, 0) is 11.3 Å². The van der Waals surface area contributed by atoms with Gasteiger partial charge in [0.05, 0.1) is 0 Å². The maximum atomic E-state index is 12.2. The number of rotatable bonds is 7. The highest BCUT2D eigenvalue weighted by atomic mass is 16.2. The first-order chi connectivity index (χ1) is 10.2. The van der Waals surface area contributed by atoms with Crippen molar-refractivity contribution in [3.05, 3.63) is 30.1 Å². The topological polar surface area (TPSA) is 54.0 Å². The molecule has 0 atom stereocenters. The number of aromatic nitrogens is 1. The summed E-state index contributed by atoms with van der Waals surface area (Å²) in [5, 5.41) is 6.47. The Morgan fingerprint density at radius 1 is 1.29 bits per heavy atom. The number of hydrogen-bond acceptors (Lipinski definition) is 3. The summed E-state index contributed by atoms with van der Waals surface area (Å²) >= 11 is 0. The van der Waals surface area contributed by atoms with E-state index < -0.39 is 0 Å². The fraction of sp³-hybridized carbons (Fsp3) is 0.647. The van der Waals surface area contributed by atoms with Crippen LogP contribution in [0.15, 0.2) is 24.5 Å². The van der Waals surface area contributed by atoms with Crippen molar-refractivity contribution >= 4 is 5.91 Å². The molecule has 0 radical (unpaired) electrons. The lowest BCUT2D eigenvalue weighted by molar-refractivity contribution is -0.131. The highest BCUT2D eigenvalue weighted by Crippen LogP contribution is 2.35. The molecule has 4 heteroatoms. The van der Waals surface area contributed by atoms with Gasteiger partial charge in [-0.15, -0.1) is 0 Å². The molecule has 2 N–H and O–H groups in total. The highest BCUT2D eigenvalue weighted by molar-refractivity contribution is 5.82. The van der Waals surface area contributed by atoms with E-state index in [1.807, 2.05) is 12.3 Å². The molecule has 0 spiro atoms. The van der Waals surface area contributed by atoms with Gasteiger partial charge in [-0.3, -0.25) is 9.78 Å². The zero-order valence-electron chi connectivity index (χ0n) is 13.0. The first kappa shape index (κ1) is 16.0. The van der Waals surface area contributed by atoms with Gasteiger partial charge >= 0.3 is 0 Å². The van der Waals surface area contributed by atoms with E-state index in [1.54, 1.807) is 6.20 Å². The lowest BCUT2D eigenvalue weighted by atomic mass is 9.75. The van der Waals surface area contributed by atoms with Crippen LogP contribution in [0.2, 0.25) is 0 Å². The quantitative estimate of drug-likeness (QED) is 0.759. The van der Waals surface area contributed by atoms with E-state index in [-0.39, 0.29) is 11.3 Å². The van der Waals surface area contributed by atoms with E-state index >= 15 is 0 Å². The van der Waals surface area contributed by atoms with E-state index in [9.17, 15) is 4.79 Å². The van der Waals surface area contributed by atoms with Crippen LogP contribution in [0.3, 0.4) is 0 Å². The Labute approximate surface area is 127 Å². The molecular weight excluding hydrogens is 262 g/mol. The number of carbonyl (C=O) groups is 1. The van der Waals surface area contributed by atoms with Crippen LogP contribution >= 0.6 is 0 Å². The van der Waals surface area contributed by atoms with Crippen molar-refractivity contribution in [3.63, 3.8) is 0 Å². The summed E-state index contributed by atoms with van der Waals surface area (Å²) in [5.41, 5.74) is 1.07. The van der Waals surface area contributed by atoms with E-state index in [1.165, 1.54) is 24.8 Å². The van der Waals surface area contributed by atoms with Gasteiger partial charge in [-0.2, -0.15) is 0 Å². The van der Waals surface area contributed by atoms with Crippen molar-refractivity contribution in [2.24, 2.45) is 5.41 Å². The van der Waals surface area contributed by atoms with E-state index in [2.05, 4.69) is 28.6 Å². The maximum absolute atomic E-state index is 12.2. The minimum absolute atomic E-state index is 0.124. The lowest BCUT2D eigenvalue weighted by Crippen LogP contribution is -2.41. The third-order valence-corrected chi connectivity index (χ3v) is 4.37. The summed E-state index contributed by atoms with van der Waals surface area (Å²) in [5.74, 6) is 0.245. The van der Waals surface area contributed by atoms with Gasteiger partial charge in [-0.1, -0.05) is 32.3 Å². The molecule has 1 heterocycles. The molecule has 0 saturated heterocycles. The Morgan fingerprint density at radius 3 is 2.81 bits per heavy atom. The van der Waals surface area contributed by atoms with E-state index in [0.717, 1.165) is 38.9 Å². The molecule has 4 nitrogen and oxygen atoms in total. The molecule has 0 aromatic carbocycles. The second-order valence-electron chi connectivity index (χ2n) is 6.27. The predicted molar refractivity (Wildman–Crippen MR) is 84.8 cm³/mol. The van der Waals surface area contributed by atoms with Gasteiger partial charge in [-0.25, -0.2) is 0 Å². The van der Waals surface area contributed by atoms with Gasteiger partial charge in [0.2, 0.25) is 5.91 Å². The molecule has 0 aliphatic heterocycles. The summed E-state index contributed by atoms with van der Waals surface area (Å²) in [6, 6.07) is 4.01. The molecule has 1 saturated carbocycles. The standard InChI is InChI=1S/C17H27N3O/c1-17(8-3-2-4-9-17)16(21)20-12-6-11-19-14-15-7-5-10-18-13-15/h5,7,10,13,19H,2-4,6,8-9,11-12,14H2,1H3,(H,20,21). The van der Waals surface area contributed by atoms with Crippen LogP contribution in [0, 0.1) is 5.41 Å². The van der Waals surface area contributed by atoms with Gasteiger partial charge in [0.25, 0.3) is 0 Å². The van der Waals surface area contributed by atoms with Crippen molar-refractivity contribution in [2.45, 2.75) is 52.0 Å². The Hall–Kier alpha value is -1.42. The molecule has 1 aromatic heterocycles. The molecule has 0 bridgehead atoms. The Balaban J connectivity index is 1.56. The minimum atomic E-state index is -0.124. The van der Waals surface area contributed by atoms with Gasteiger partial charge in [0.15, 0.2) is 0 Å². The van der Waals surface area contributed by atoms with Crippen LogP contribution in [0.1, 0.15) is 51.0 Å². The number of nitrogens with one attached hydrogen (secondary N) is 2. The third kappa shape index (κ3) is 5.12. The fourth-order valence-corrected chi connectivity index (χ4v) is 2.92. The van der Waals surface area contributed by atoms with Crippen molar-refractivity contribution in [2.75, 3.05) is 13.1 Å². The zero-order valence-corrected chi connectivity index (χ0v) is 13.0. The maximum Gasteiger partial charge on any atom is 0.225 e. The van der Waals surface area contributed by atoms with Gasteiger partial charge in [0.1, 0.15) is 0 Å². The Morgan fingerprint density at radius 2 is 2.10 bits per heavy atom. The first-order valence-corrected chi connectivity index (χ1v) is 8.09. The zero-order chi connectivity index (χ0) is 15.0. The fourth-order valence-electron chi connectivity index (χ4n) is 2.92. The second-order valence-corrected chi connectivity index (χ2v) is 6.27.